The summed E-state index contributed by atoms with van der Waals surface area (Å²) in [5.74, 6) is -2.53. The predicted octanol–water partition coefficient (Wildman–Crippen LogP) is 2.48. The third-order valence-corrected chi connectivity index (χ3v) is 4.33. The van der Waals surface area contributed by atoms with Gasteiger partial charge in [0.05, 0.1) is 12.7 Å². The summed E-state index contributed by atoms with van der Waals surface area (Å²) in [4.78, 5) is 0. The van der Waals surface area contributed by atoms with Crippen LogP contribution in [0, 0.1) is 17.5 Å². The van der Waals surface area contributed by atoms with Gasteiger partial charge >= 0.3 is 0 Å². The lowest BCUT2D eigenvalue weighted by atomic mass is 10.0. The molecular weight excluding hydrogens is 377 g/mol. The first-order chi connectivity index (χ1) is 13.4. The van der Waals surface area contributed by atoms with E-state index in [0.29, 0.717) is 11.6 Å². The van der Waals surface area contributed by atoms with Crippen LogP contribution in [0.15, 0.2) is 36.4 Å². The number of benzene rings is 2. The van der Waals surface area contributed by atoms with Gasteiger partial charge in [-0.05, 0) is 23.8 Å². The zero-order chi connectivity index (χ0) is 20.3. The molecule has 5 nitrogen and oxygen atoms in total. The second-order valence-electron chi connectivity index (χ2n) is 6.39. The molecule has 1 unspecified atom stereocenters. The van der Waals surface area contributed by atoms with E-state index in [4.69, 9.17) is 9.47 Å². The van der Waals surface area contributed by atoms with E-state index in [-0.39, 0.29) is 17.7 Å². The summed E-state index contributed by atoms with van der Waals surface area (Å²) in [6.45, 7) is -0.568. The minimum Gasteiger partial charge on any atom is -0.461 e. The molecule has 2 aromatic rings. The Kier molecular flexibility index (Phi) is 6.35. The molecule has 2 aromatic carbocycles. The number of rotatable bonds is 5. The van der Waals surface area contributed by atoms with Gasteiger partial charge in [-0.1, -0.05) is 24.3 Å². The molecule has 0 radical (unpaired) electrons. The van der Waals surface area contributed by atoms with Crippen LogP contribution in [-0.2, 0) is 4.74 Å². The number of aliphatic hydroxyl groups excluding tert-OH is 3. The number of aliphatic hydroxyl groups is 3. The first-order valence-corrected chi connectivity index (χ1v) is 8.59. The summed E-state index contributed by atoms with van der Waals surface area (Å²) >= 11 is 0. The van der Waals surface area contributed by atoms with Crippen LogP contribution in [0.2, 0.25) is 0 Å². The van der Waals surface area contributed by atoms with E-state index in [2.05, 4.69) is 0 Å². The maximum atomic E-state index is 14.3. The van der Waals surface area contributed by atoms with Gasteiger partial charge in [0, 0.05) is 18.1 Å². The predicted molar refractivity (Wildman–Crippen MR) is 94.7 cm³/mol. The highest BCUT2D eigenvalue weighted by Crippen LogP contribution is 2.30. The summed E-state index contributed by atoms with van der Waals surface area (Å²) in [5.41, 5.74) is 0.663. The van der Waals surface area contributed by atoms with Gasteiger partial charge in [-0.3, -0.25) is 0 Å². The van der Waals surface area contributed by atoms with Gasteiger partial charge in [0.2, 0.25) is 6.29 Å². The number of ether oxygens (including phenoxy) is 2. The van der Waals surface area contributed by atoms with Crippen molar-refractivity contribution in [2.24, 2.45) is 0 Å². The molecule has 0 bridgehead atoms. The van der Waals surface area contributed by atoms with E-state index in [1.807, 2.05) is 0 Å². The molecule has 0 amide bonds. The molecule has 0 spiro atoms. The fourth-order valence-corrected chi connectivity index (χ4v) is 2.86. The molecule has 0 saturated carbocycles. The lowest BCUT2D eigenvalue weighted by Crippen LogP contribution is -2.51. The third kappa shape index (κ3) is 4.71. The van der Waals surface area contributed by atoms with Crippen molar-refractivity contribution in [2.75, 3.05) is 6.61 Å². The van der Waals surface area contributed by atoms with Gasteiger partial charge in [-0.15, -0.1) is 0 Å². The van der Waals surface area contributed by atoms with Crippen LogP contribution >= 0.6 is 0 Å². The molecule has 1 fully saturated rings. The van der Waals surface area contributed by atoms with E-state index in [0.717, 1.165) is 6.07 Å². The molecular formula is C20H19F3O5. The zero-order valence-electron chi connectivity index (χ0n) is 14.6. The maximum absolute atomic E-state index is 14.3. The van der Waals surface area contributed by atoms with Crippen molar-refractivity contribution in [3.8, 4) is 5.75 Å². The Hall–Kier alpha value is -2.39. The molecule has 0 aliphatic carbocycles. The third-order valence-electron chi connectivity index (χ3n) is 4.33. The normalized spacial score (nSPS) is 25.2. The van der Waals surface area contributed by atoms with Crippen LogP contribution in [-0.4, -0.2) is 46.5 Å². The van der Waals surface area contributed by atoms with Crippen LogP contribution in [0.5, 0.6) is 5.75 Å². The van der Waals surface area contributed by atoms with Crippen LogP contribution in [0.1, 0.15) is 17.5 Å². The fraction of sp³-hybridized carbons (Fsp3) is 0.300. The molecule has 150 valence electrons. The van der Waals surface area contributed by atoms with Crippen molar-refractivity contribution in [3.05, 3.63) is 65.0 Å². The van der Waals surface area contributed by atoms with Crippen molar-refractivity contribution < 1.29 is 38.0 Å². The number of hydrogen-bond acceptors (Lipinski definition) is 5. The largest absolute Gasteiger partial charge is 0.461 e. The Morgan fingerprint density at radius 1 is 1.04 bits per heavy atom. The minimum absolute atomic E-state index is 0.0617. The standard InChI is InChI=1S/C20H19F3O5/c21-13-5-2-11(3-6-13)1-4-12-7-14(22)8-15(23)20(12)28-18-9-16(25)19(26)17(10-24)27-18/h1-8,16-19,24-26H,9-10H2/b4-1+/t16-,17-,18+,19?/m1/s1. The van der Waals surface area contributed by atoms with E-state index < -0.39 is 48.7 Å². The number of hydrogen-bond donors (Lipinski definition) is 3. The summed E-state index contributed by atoms with van der Waals surface area (Å²) < 4.78 is 51.8. The molecule has 28 heavy (non-hydrogen) atoms. The Balaban J connectivity index is 1.85. The van der Waals surface area contributed by atoms with Crippen molar-refractivity contribution in [1.82, 2.24) is 0 Å². The van der Waals surface area contributed by atoms with E-state index in [9.17, 15) is 28.5 Å². The lowest BCUT2D eigenvalue weighted by Gasteiger charge is -2.36. The van der Waals surface area contributed by atoms with Crippen LogP contribution in [0.25, 0.3) is 12.2 Å². The van der Waals surface area contributed by atoms with Crippen molar-refractivity contribution in [2.45, 2.75) is 31.0 Å². The van der Waals surface area contributed by atoms with Gasteiger partial charge in [0.25, 0.3) is 0 Å². The fourth-order valence-electron chi connectivity index (χ4n) is 2.86. The SMILES string of the molecule is OC[C@H]1O[C@@H](Oc2c(F)cc(F)cc2/C=C/c2ccc(F)cc2)C[C@@H](O)C1O. The average Bonchev–Trinajstić information content (AvgIpc) is 2.66. The monoisotopic (exact) mass is 396 g/mol. The molecule has 1 saturated heterocycles. The Bertz CT molecular complexity index is 840. The molecule has 3 rings (SSSR count). The first kappa shape index (κ1) is 20.3. The topological polar surface area (TPSA) is 79.2 Å². The minimum atomic E-state index is -1.30. The molecule has 1 aliphatic rings. The van der Waals surface area contributed by atoms with Gasteiger partial charge in [0.15, 0.2) is 11.6 Å². The Morgan fingerprint density at radius 3 is 2.43 bits per heavy atom. The lowest BCUT2D eigenvalue weighted by molar-refractivity contribution is -0.230. The smallest absolute Gasteiger partial charge is 0.203 e. The van der Waals surface area contributed by atoms with Crippen molar-refractivity contribution >= 4 is 12.2 Å². The first-order valence-electron chi connectivity index (χ1n) is 8.59. The molecule has 8 heteroatoms. The average molecular weight is 396 g/mol. The molecule has 0 aromatic heterocycles. The highest BCUT2D eigenvalue weighted by atomic mass is 19.1. The van der Waals surface area contributed by atoms with E-state index in [1.54, 1.807) is 0 Å². The highest BCUT2D eigenvalue weighted by Gasteiger charge is 2.37. The second kappa shape index (κ2) is 8.74. The maximum Gasteiger partial charge on any atom is 0.203 e. The van der Waals surface area contributed by atoms with E-state index >= 15 is 0 Å². The van der Waals surface area contributed by atoms with Crippen molar-refractivity contribution in [3.63, 3.8) is 0 Å². The van der Waals surface area contributed by atoms with Crippen molar-refractivity contribution in [1.29, 1.82) is 0 Å². The van der Waals surface area contributed by atoms with Crippen LogP contribution in [0.3, 0.4) is 0 Å². The molecule has 1 aliphatic heterocycles. The summed E-state index contributed by atoms with van der Waals surface area (Å²) in [5, 5.41) is 28.8. The quantitative estimate of drug-likeness (QED) is 0.677. The summed E-state index contributed by atoms with van der Waals surface area (Å²) in [6.07, 6.45) is -2.05. The van der Waals surface area contributed by atoms with Crippen LogP contribution < -0.4 is 4.74 Å². The zero-order valence-corrected chi connectivity index (χ0v) is 14.6. The second-order valence-corrected chi connectivity index (χ2v) is 6.39. The van der Waals surface area contributed by atoms with Gasteiger partial charge < -0.3 is 24.8 Å². The molecule has 4 atom stereocenters. The molecule has 3 N–H and O–H groups in total. The Labute approximate surface area is 159 Å². The van der Waals surface area contributed by atoms with Crippen LogP contribution in [0.4, 0.5) is 13.2 Å². The van der Waals surface area contributed by atoms with Gasteiger partial charge in [-0.2, -0.15) is 0 Å². The van der Waals surface area contributed by atoms with Gasteiger partial charge in [0.1, 0.15) is 23.8 Å². The van der Waals surface area contributed by atoms with E-state index in [1.165, 1.54) is 36.4 Å². The number of halogens is 3. The summed E-state index contributed by atoms with van der Waals surface area (Å²) in [6, 6.07) is 7.19. The summed E-state index contributed by atoms with van der Waals surface area (Å²) in [7, 11) is 0. The Morgan fingerprint density at radius 2 is 1.75 bits per heavy atom. The van der Waals surface area contributed by atoms with Gasteiger partial charge in [-0.25, -0.2) is 13.2 Å². The molecule has 1 heterocycles. The highest BCUT2D eigenvalue weighted by molar-refractivity contribution is 5.72.